The standard InChI is InChI=1S/C13H15N3O3/c1-3-10(6-7-14)15-13(17)11-8-9(2)4-5-12(11)16(18)19/h4-5,8,10H,3,6H2,1-2H3,(H,15,17). The number of aryl methyl sites for hydroxylation is 1. The summed E-state index contributed by atoms with van der Waals surface area (Å²) in [5, 5.41) is 22.2. The number of nitro benzene ring substituents is 1. The molecular weight excluding hydrogens is 246 g/mol. The summed E-state index contributed by atoms with van der Waals surface area (Å²) in [6.45, 7) is 3.60. The molecule has 0 aliphatic heterocycles. The molecule has 19 heavy (non-hydrogen) atoms. The largest absolute Gasteiger partial charge is 0.348 e. The van der Waals surface area contributed by atoms with E-state index in [4.69, 9.17) is 5.26 Å². The molecule has 1 aromatic carbocycles. The van der Waals surface area contributed by atoms with E-state index in [1.165, 1.54) is 12.1 Å². The molecule has 1 aromatic rings. The molecule has 0 aliphatic rings. The number of amides is 1. The second-order valence-electron chi connectivity index (χ2n) is 4.22. The molecule has 1 unspecified atom stereocenters. The third-order valence-electron chi connectivity index (χ3n) is 2.76. The third kappa shape index (κ3) is 3.78. The first-order valence-corrected chi connectivity index (χ1v) is 5.92. The Kier molecular flexibility index (Phi) is 5.01. The van der Waals surface area contributed by atoms with E-state index in [0.29, 0.717) is 6.42 Å². The van der Waals surface area contributed by atoms with Crippen LogP contribution in [0, 0.1) is 28.4 Å². The monoisotopic (exact) mass is 261 g/mol. The van der Waals surface area contributed by atoms with Crippen LogP contribution < -0.4 is 5.32 Å². The van der Waals surface area contributed by atoms with Crippen molar-refractivity contribution in [1.29, 1.82) is 5.26 Å². The fourth-order valence-corrected chi connectivity index (χ4v) is 1.66. The van der Waals surface area contributed by atoms with Gasteiger partial charge in [-0.3, -0.25) is 14.9 Å². The van der Waals surface area contributed by atoms with Crippen molar-refractivity contribution in [3.8, 4) is 6.07 Å². The van der Waals surface area contributed by atoms with Crippen LogP contribution in [0.4, 0.5) is 5.69 Å². The minimum absolute atomic E-state index is 0.0291. The van der Waals surface area contributed by atoms with Crippen LogP contribution in [0.15, 0.2) is 18.2 Å². The molecule has 0 bridgehead atoms. The van der Waals surface area contributed by atoms with Crippen molar-refractivity contribution in [2.45, 2.75) is 32.7 Å². The summed E-state index contributed by atoms with van der Waals surface area (Å²) in [6.07, 6.45) is 0.779. The van der Waals surface area contributed by atoms with Crippen molar-refractivity contribution >= 4 is 11.6 Å². The van der Waals surface area contributed by atoms with E-state index < -0.39 is 10.8 Å². The van der Waals surface area contributed by atoms with Crippen molar-refractivity contribution in [1.82, 2.24) is 5.32 Å². The predicted octanol–water partition coefficient (Wildman–Crippen LogP) is 2.33. The fraction of sp³-hybridized carbons (Fsp3) is 0.385. The van der Waals surface area contributed by atoms with E-state index in [-0.39, 0.29) is 23.7 Å². The Labute approximate surface area is 111 Å². The number of nitro groups is 1. The molecule has 1 amide bonds. The summed E-state index contributed by atoms with van der Waals surface area (Å²) >= 11 is 0. The molecule has 0 saturated carbocycles. The van der Waals surface area contributed by atoms with E-state index in [2.05, 4.69) is 5.32 Å². The number of nitrogens with zero attached hydrogens (tertiary/aromatic N) is 2. The van der Waals surface area contributed by atoms with Gasteiger partial charge in [0.15, 0.2) is 0 Å². The minimum Gasteiger partial charge on any atom is -0.348 e. The van der Waals surface area contributed by atoms with Gasteiger partial charge >= 0.3 is 0 Å². The van der Waals surface area contributed by atoms with Crippen LogP contribution in [0.2, 0.25) is 0 Å². The molecule has 100 valence electrons. The molecule has 0 saturated heterocycles. The maximum absolute atomic E-state index is 12.0. The van der Waals surface area contributed by atoms with Gasteiger partial charge in [0.1, 0.15) is 5.56 Å². The number of nitriles is 1. The van der Waals surface area contributed by atoms with Crippen molar-refractivity contribution in [2.24, 2.45) is 0 Å². The van der Waals surface area contributed by atoms with E-state index in [1.54, 1.807) is 13.0 Å². The second-order valence-corrected chi connectivity index (χ2v) is 4.22. The van der Waals surface area contributed by atoms with Crippen LogP contribution in [0.1, 0.15) is 35.7 Å². The fourth-order valence-electron chi connectivity index (χ4n) is 1.66. The number of carbonyl (C=O) groups excluding carboxylic acids is 1. The van der Waals surface area contributed by atoms with Gasteiger partial charge in [0.05, 0.1) is 17.4 Å². The van der Waals surface area contributed by atoms with Crippen LogP contribution in [0.3, 0.4) is 0 Å². The van der Waals surface area contributed by atoms with Gasteiger partial charge in [0, 0.05) is 12.1 Å². The lowest BCUT2D eigenvalue weighted by Gasteiger charge is -2.13. The quantitative estimate of drug-likeness (QED) is 0.649. The predicted molar refractivity (Wildman–Crippen MR) is 69.6 cm³/mol. The summed E-state index contributed by atoms with van der Waals surface area (Å²) in [4.78, 5) is 22.3. The SMILES string of the molecule is CCC(CC#N)NC(=O)c1cc(C)ccc1[N+](=O)[O-]. The van der Waals surface area contributed by atoms with E-state index in [9.17, 15) is 14.9 Å². The summed E-state index contributed by atoms with van der Waals surface area (Å²) in [5.74, 6) is -0.516. The summed E-state index contributed by atoms with van der Waals surface area (Å²) in [7, 11) is 0. The molecular formula is C13H15N3O3. The molecule has 0 fully saturated rings. The number of carbonyl (C=O) groups is 1. The lowest BCUT2D eigenvalue weighted by Crippen LogP contribution is -2.34. The minimum atomic E-state index is -0.584. The molecule has 1 atom stereocenters. The normalized spacial score (nSPS) is 11.4. The van der Waals surface area contributed by atoms with Crippen molar-refractivity contribution in [2.75, 3.05) is 0 Å². The zero-order chi connectivity index (χ0) is 14.4. The van der Waals surface area contributed by atoms with Crippen LogP contribution in [0.5, 0.6) is 0 Å². The third-order valence-corrected chi connectivity index (χ3v) is 2.76. The summed E-state index contributed by atoms with van der Waals surface area (Å²) < 4.78 is 0. The highest BCUT2D eigenvalue weighted by Crippen LogP contribution is 2.20. The first-order valence-electron chi connectivity index (χ1n) is 5.92. The van der Waals surface area contributed by atoms with Crippen molar-refractivity contribution in [3.05, 3.63) is 39.4 Å². The van der Waals surface area contributed by atoms with Gasteiger partial charge in [-0.05, 0) is 25.0 Å². The van der Waals surface area contributed by atoms with Crippen molar-refractivity contribution in [3.63, 3.8) is 0 Å². The highest BCUT2D eigenvalue weighted by atomic mass is 16.6. The molecule has 1 rings (SSSR count). The summed E-state index contributed by atoms with van der Waals surface area (Å²) in [6, 6.07) is 6.06. The number of hydrogen-bond donors (Lipinski definition) is 1. The average molecular weight is 261 g/mol. The Morgan fingerprint density at radius 2 is 2.26 bits per heavy atom. The van der Waals surface area contributed by atoms with Gasteiger partial charge < -0.3 is 5.32 Å². The number of hydrogen-bond acceptors (Lipinski definition) is 4. The molecule has 6 heteroatoms. The van der Waals surface area contributed by atoms with Crippen LogP contribution in [-0.4, -0.2) is 16.9 Å². The van der Waals surface area contributed by atoms with Crippen LogP contribution in [-0.2, 0) is 0 Å². The smallest absolute Gasteiger partial charge is 0.282 e. The second kappa shape index (κ2) is 6.50. The van der Waals surface area contributed by atoms with Gasteiger partial charge in [-0.15, -0.1) is 0 Å². The maximum Gasteiger partial charge on any atom is 0.282 e. The van der Waals surface area contributed by atoms with E-state index >= 15 is 0 Å². The molecule has 0 spiro atoms. The van der Waals surface area contributed by atoms with Gasteiger partial charge in [-0.25, -0.2) is 0 Å². The van der Waals surface area contributed by atoms with Gasteiger partial charge in [0.25, 0.3) is 11.6 Å². The highest BCUT2D eigenvalue weighted by molar-refractivity contribution is 5.98. The van der Waals surface area contributed by atoms with E-state index in [1.807, 2.05) is 13.0 Å². The zero-order valence-corrected chi connectivity index (χ0v) is 10.8. The lowest BCUT2D eigenvalue weighted by molar-refractivity contribution is -0.385. The molecule has 0 radical (unpaired) electrons. The van der Waals surface area contributed by atoms with Gasteiger partial charge in [-0.1, -0.05) is 13.0 Å². The first-order chi connectivity index (χ1) is 8.99. The maximum atomic E-state index is 12.0. The Bertz CT molecular complexity index is 534. The number of nitrogens with one attached hydrogen (secondary N) is 1. The Morgan fingerprint density at radius 1 is 1.58 bits per heavy atom. The molecule has 6 nitrogen and oxygen atoms in total. The number of rotatable bonds is 5. The lowest BCUT2D eigenvalue weighted by atomic mass is 10.1. The molecule has 0 heterocycles. The Morgan fingerprint density at radius 3 is 2.79 bits per heavy atom. The highest BCUT2D eigenvalue weighted by Gasteiger charge is 2.21. The average Bonchev–Trinajstić information content (AvgIpc) is 2.37. The Balaban J connectivity index is 3.02. The molecule has 1 N–H and O–H groups in total. The van der Waals surface area contributed by atoms with Gasteiger partial charge in [-0.2, -0.15) is 5.26 Å². The topological polar surface area (TPSA) is 96.0 Å². The number of benzene rings is 1. The zero-order valence-electron chi connectivity index (χ0n) is 10.8. The van der Waals surface area contributed by atoms with Crippen LogP contribution in [0.25, 0.3) is 0 Å². The van der Waals surface area contributed by atoms with Crippen LogP contribution >= 0.6 is 0 Å². The van der Waals surface area contributed by atoms with Gasteiger partial charge in [0.2, 0.25) is 0 Å². The Hall–Kier alpha value is -2.42. The van der Waals surface area contributed by atoms with Crippen molar-refractivity contribution < 1.29 is 9.72 Å². The first kappa shape index (κ1) is 14.6. The molecule has 0 aromatic heterocycles. The molecule has 0 aliphatic carbocycles. The van der Waals surface area contributed by atoms with E-state index in [0.717, 1.165) is 5.56 Å². The summed E-state index contributed by atoms with van der Waals surface area (Å²) in [5.41, 5.74) is 0.570.